The molecule has 3 rings (SSSR count). The van der Waals surface area contributed by atoms with Crippen LogP contribution in [0.4, 0.5) is 0 Å². The van der Waals surface area contributed by atoms with Crippen molar-refractivity contribution in [3.63, 3.8) is 0 Å². The van der Waals surface area contributed by atoms with Gasteiger partial charge in [-0.1, -0.05) is 67.6 Å². The van der Waals surface area contributed by atoms with Crippen LogP contribution < -0.4 is 10.0 Å². The molecule has 3 N–H and O–H groups in total. The van der Waals surface area contributed by atoms with Gasteiger partial charge in [-0.15, -0.1) is 24.2 Å². The van der Waals surface area contributed by atoms with E-state index in [2.05, 4.69) is 17.4 Å². The van der Waals surface area contributed by atoms with E-state index in [0.29, 0.717) is 12.1 Å². The molecule has 0 bridgehead atoms. The van der Waals surface area contributed by atoms with Gasteiger partial charge in [0.1, 0.15) is 0 Å². The topological polar surface area (TPSA) is 95.5 Å². The van der Waals surface area contributed by atoms with Crippen molar-refractivity contribution in [2.45, 2.75) is 24.3 Å². The lowest BCUT2D eigenvalue weighted by Gasteiger charge is -2.13. The Morgan fingerprint density at radius 1 is 1.00 bits per heavy atom. The molecule has 1 amide bonds. The van der Waals surface area contributed by atoms with Gasteiger partial charge in [-0.05, 0) is 53.1 Å². The van der Waals surface area contributed by atoms with E-state index in [1.54, 1.807) is 6.07 Å². The molecule has 9 heteroatoms. The summed E-state index contributed by atoms with van der Waals surface area (Å²) in [6.07, 6.45) is 1.28. The SMILES string of the molecule is CCSc1cc(-c2ccc(CCNC[C@H](O)c3ccccc3)cc2)ccc1C(=O)NS(C)(=O)=O.Cl. The van der Waals surface area contributed by atoms with E-state index in [1.807, 2.05) is 66.2 Å². The number of thioether (sulfide) groups is 1. The van der Waals surface area contributed by atoms with Crippen LogP contribution in [-0.2, 0) is 16.4 Å². The predicted octanol–water partition coefficient (Wildman–Crippen LogP) is 4.44. The summed E-state index contributed by atoms with van der Waals surface area (Å²) in [4.78, 5) is 13.1. The third-order valence-corrected chi connectivity index (χ3v) is 6.70. The monoisotopic (exact) mass is 534 g/mol. The first-order valence-electron chi connectivity index (χ1n) is 11.1. The van der Waals surface area contributed by atoms with Gasteiger partial charge in [0, 0.05) is 11.4 Å². The van der Waals surface area contributed by atoms with Crippen molar-refractivity contribution >= 4 is 40.1 Å². The zero-order valence-corrected chi connectivity index (χ0v) is 22.2. The molecule has 0 radical (unpaired) electrons. The van der Waals surface area contributed by atoms with Gasteiger partial charge >= 0.3 is 0 Å². The zero-order valence-electron chi connectivity index (χ0n) is 19.7. The molecule has 0 saturated heterocycles. The van der Waals surface area contributed by atoms with Gasteiger partial charge in [0.05, 0.1) is 17.9 Å². The molecule has 0 saturated carbocycles. The largest absolute Gasteiger partial charge is 0.387 e. The van der Waals surface area contributed by atoms with Crippen molar-refractivity contribution in [2.24, 2.45) is 0 Å². The van der Waals surface area contributed by atoms with Gasteiger partial charge < -0.3 is 10.4 Å². The minimum absolute atomic E-state index is 0. The Labute approximate surface area is 218 Å². The number of nitrogens with one attached hydrogen (secondary N) is 2. The van der Waals surface area contributed by atoms with Gasteiger partial charge in [0.15, 0.2) is 0 Å². The fraction of sp³-hybridized carbons (Fsp3) is 0.269. The van der Waals surface area contributed by atoms with Gasteiger partial charge in [-0.3, -0.25) is 4.79 Å². The summed E-state index contributed by atoms with van der Waals surface area (Å²) in [5, 5.41) is 13.5. The lowest BCUT2D eigenvalue weighted by molar-refractivity contribution is 0.0979. The number of benzene rings is 3. The number of hydrogen-bond acceptors (Lipinski definition) is 6. The predicted molar refractivity (Wildman–Crippen MR) is 146 cm³/mol. The van der Waals surface area contributed by atoms with Crippen molar-refractivity contribution in [1.29, 1.82) is 0 Å². The van der Waals surface area contributed by atoms with Crippen molar-refractivity contribution in [3.05, 3.63) is 89.5 Å². The number of amides is 1. The van der Waals surface area contributed by atoms with Crippen LogP contribution in [-0.4, -0.2) is 44.5 Å². The van der Waals surface area contributed by atoms with Crippen molar-refractivity contribution in [2.75, 3.05) is 25.1 Å². The summed E-state index contributed by atoms with van der Waals surface area (Å²) in [5.41, 5.74) is 4.41. The van der Waals surface area contributed by atoms with Crippen LogP contribution in [0.3, 0.4) is 0 Å². The maximum Gasteiger partial charge on any atom is 0.265 e. The zero-order chi connectivity index (χ0) is 24.6. The summed E-state index contributed by atoms with van der Waals surface area (Å²) in [6.45, 7) is 3.24. The number of carbonyl (C=O) groups excluding carboxylic acids is 1. The van der Waals surface area contributed by atoms with Crippen molar-refractivity contribution in [3.8, 4) is 11.1 Å². The molecule has 1 atom stereocenters. The first-order valence-corrected chi connectivity index (χ1v) is 14.0. The Hall–Kier alpha value is -2.36. The molecule has 0 aliphatic carbocycles. The lowest BCUT2D eigenvalue weighted by atomic mass is 10.0. The molecule has 0 fully saturated rings. The molecule has 0 aliphatic rings. The van der Waals surface area contributed by atoms with Crippen molar-refractivity contribution < 1.29 is 18.3 Å². The average molecular weight is 535 g/mol. The maximum atomic E-state index is 12.4. The molecule has 6 nitrogen and oxygen atoms in total. The Morgan fingerprint density at radius 2 is 1.66 bits per heavy atom. The number of aliphatic hydroxyl groups is 1. The fourth-order valence-corrected chi connectivity index (χ4v) is 4.80. The lowest BCUT2D eigenvalue weighted by Crippen LogP contribution is -2.29. The van der Waals surface area contributed by atoms with Crippen LogP contribution in [0.2, 0.25) is 0 Å². The third kappa shape index (κ3) is 8.98. The highest BCUT2D eigenvalue weighted by molar-refractivity contribution is 7.99. The summed E-state index contributed by atoms with van der Waals surface area (Å²) >= 11 is 1.50. The molecule has 0 aliphatic heterocycles. The molecule has 0 spiro atoms. The van der Waals surface area contributed by atoms with Crippen LogP contribution in [0.1, 0.15) is 34.5 Å². The van der Waals surface area contributed by atoms with Crippen LogP contribution in [0.25, 0.3) is 11.1 Å². The average Bonchev–Trinajstić information content (AvgIpc) is 2.81. The minimum atomic E-state index is -3.63. The van der Waals surface area contributed by atoms with Crippen LogP contribution in [0.15, 0.2) is 77.7 Å². The van der Waals surface area contributed by atoms with Gasteiger partial charge in [0.25, 0.3) is 5.91 Å². The van der Waals surface area contributed by atoms with Crippen molar-refractivity contribution in [1.82, 2.24) is 10.0 Å². The van der Waals surface area contributed by atoms with E-state index in [9.17, 15) is 18.3 Å². The summed E-state index contributed by atoms with van der Waals surface area (Å²) in [7, 11) is -3.63. The number of carbonyl (C=O) groups is 1. The molecule has 188 valence electrons. The molecule has 0 aromatic heterocycles. The van der Waals surface area contributed by atoms with Crippen LogP contribution in [0, 0.1) is 0 Å². The smallest absolute Gasteiger partial charge is 0.265 e. The Balaban J connectivity index is 0.00000432. The third-order valence-electron chi connectivity index (χ3n) is 5.20. The van der Waals surface area contributed by atoms with Crippen LogP contribution in [0.5, 0.6) is 0 Å². The summed E-state index contributed by atoms with van der Waals surface area (Å²) in [5.74, 6) is 0.137. The number of aliphatic hydroxyl groups excluding tert-OH is 1. The number of rotatable bonds is 11. The fourth-order valence-electron chi connectivity index (χ4n) is 3.52. The second kappa shape index (κ2) is 13.7. The Bertz CT molecular complexity index is 1200. The van der Waals surface area contributed by atoms with Crippen LogP contribution >= 0.6 is 24.2 Å². The Kier molecular flexibility index (Phi) is 11.3. The Morgan fingerprint density at radius 3 is 2.29 bits per heavy atom. The number of halogens is 1. The molecular weight excluding hydrogens is 504 g/mol. The van der Waals surface area contributed by atoms with E-state index in [1.165, 1.54) is 17.3 Å². The van der Waals surface area contributed by atoms with E-state index in [4.69, 9.17) is 0 Å². The highest BCUT2D eigenvalue weighted by Crippen LogP contribution is 2.29. The molecular formula is C26H31ClN2O4S2. The highest BCUT2D eigenvalue weighted by Gasteiger charge is 2.16. The van der Waals surface area contributed by atoms with Gasteiger partial charge in [-0.2, -0.15) is 0 Å². The first kappa shape index (κ1) is 28.9. The minimum Gasteiger partial charge on any atom is -0.387 e. The molecule has 0 unspecified atom stereocenters. The van der Waals surface area contributed by atoms with Gasteiger partial charge in [-0.25, -0.2) is 13.1 Å². The van der Waals surface area contributed by atoms with Gasteiger partial charge in [0.2, 0.25) is 10.0 Å². The van der Waals surface area contributed by atoms with E-state index < -0.39 is 22.0 Å². The van der Waals surface area contributed by atoms with E-state index >= 15 is 0 Å². The molecule has 3 aromatic carbocycles. The standard InChI is InChI=1S/C26H30N2O4S2.ClH/c1-3-33-25-17-22(13-14-23(25)26(30)28-34(2,31)32)20-11-9-19(10-12-20)15-16-27-18-24(29)21-7-5-4-6-8-21;/h4-14,17,24,27,29H,3,15-16,18H2,1-2H3,(H,28,30);1H/t24-;/m0./s1. The summed E-state index contributed by atoms with van der Waals surface area (Å²) in [6, 6.07) is 23.3. The number of hydrogen-bond donors (Lipinski definition) is 3. The maximum absolute atomic E-state index is 12.4. The van der Waals surface area contributed by atoms with E-state index in [0.717, 1.165) is 46.6 Å². The molecule has 35 heavy (non-hydrogen) atoms. The highest BCUT2D eigenvalue weighted by atomic mass is 35.5. The summed E-state index contributed by atoms with van der Waals surface area (Å²) < 4.78 is 24.9. The molecule has 0 heterocycles. The quantitative estimate of drug-likeness (QED) is 0.248. The normalized spacial score (nSPS) is 12.0. The second-order valence-electron chi connectivity index (χ2n) is 7.92. The first-order chi connectivity index (χ1) is 16.3. The molecule has 3 aromatic rings. The second-order valence-corrected chi connectivity index (χ2v) is 11.0. The van der Waals surface area contributed by atoms with E-state index in [-0.39, 0.29) is 12.4 Å². The number of sulfonamides is 1.